The molecule has 86 valence electrons. The fraction of sp³-hybridized carbons (Fsp3) is 0.455. The van der Waals surface area contributed by atoms with Gasteiger partial charge in [-0.05, 0) is 24.6 Å². The fourth-order valence-corrected chi connectivity index (χ4v) is 1.94. The Morgan fingerprint density at radius 1 is 1.56 bits per heavy atom. The third kappa shape index (κ3) is 2.51. The van der Waals surface area contributed by atoms with Crippen molar-refractivity contribution in [1.29, 1.82) is 0 Å². The quantitative estimate of drug-likeness (QED) is 0.823. The van der Waals surface area contributed by atoms with Gasteiger partial charge in [0.05, 0.1) is 10.9 Å². The zero-order chi connectivity index (χ0) is 11.5. The van der Waals surface area contributed by atoms with Crippen LogP contribution in [-0.4, -0.2) is 24.0 Å². The lowest BCUT2D eigenvalue weighted by molar-refractivity contribution is -0.120. The van der Waals surface area contributed by atoms with E-state index >= 15 is 0 Å². The van der Waals surface area contributed by atoms with Crippen molar-refractivity contribution in [1.82, 2.24) is 10.3 Å². The molecule has 2 N–H and O–H groups in total. The van der Waals surface area contributed by atoms with Crippen LogP contribution in [-0.2, 0) is 4.79 Å². The van der Waals surface area contributed by atoms with Crippen LogP contribution >= 0.6 is 11.6 Å². The molecular weight excluding hydrogens is 226 g/mol. The van der Waals surface area contributed by atoms with Crippen molar-refractivity contribution in [2.45, 2.75) is 6.92 Å². The van der Waals surface area contributed by atoms with Gasteiger partial charge in [0, 0.05) is 12.7 Å². The molecule has 1 aliphatic rings. The van der Waals surface area contributed by atoms with Gasteiger partial charge in [0.2, 0.25) is 5.91 Å². The molecule has 0 aromatic carbocycles. The smallest absolute Gasteiger partial charge is 0.230 e. The monoisotopic (exact) mass is 239 g/mol. The van der Waals surface area contributed by atoms with Crippen LogP contribution in [0.4, 0.5) is 5.82 Å². The van der Waals surface area contributed by atoms with Crippen molar-refractivity contribution in [2.75, 3.05) is 18.4 Å². The minimum atomic E-state index is 0.0207. The van der Waals surface area contributed by atoms with E-state index in [2.05, 4.69) is 22.5 Å². The Kier molecular flexibility index (Phi) is 3.41. The van der Waals surface area contributed by atoms with Gasteiger partial charge >= 0.3 is 0 Å². The number of nitrogens with one attached hydrogen (secondary N) is 2. The van der Waals surface area contributed by atoms with Crippen LogP contribution in [0.1, 0.15) is 6.92 Å². The molecule has 5 heteroatoms. The number of amides is 1. The maximum absolute atomic E-state index is 11.9. The maximum atomic E-state index is 11.9. The summed E-state index contributed by atoms with van der Waals surface area (Å²) >= 11 is 5.71. The summed E-state index contributed by atoms with van der Waals surface area (Å²) in [5.41, 5.74) is 0. The normalized spacial score (nSPS) is 24.4. The molecule has 1 fully saturated rings. The van der Waals surface area contributed by atoms with Gasteiger partial charge in [-0.1, -0.05) is 18.5 Å². The molecule has 4 nitrogen and oxygen atoms in total. The predicted molar refractivity (Wildman–Crippen MR) is 63.4 cm³/mol. The van der Waals surface area contributed by atoms with E-state index in [-0.39, 0.29) is 11.8 Å². The van der Waals surface area contributed by atoms with Gasteiger partial charge in [-0.15, -0.1) is 0 Å². The Balaban J connectivity index is 1.99. The van der Waals surface area contributed by atoms with Crippen molar-refractivity contribution >= 4 is 23.3 Å². The summed E-state index contributed by atoms with van der Waals surface area (Å²) in [7, 11) is 0. The molecule has 2 rings (SSSR count). The van der Waals surface area contributed by atoms with Gasteiger partial charge in [0.1, 0.15) is 5.82 Å². The van der Waals surface area contributed by atoms with Gasteiger partial charge in [-0.3, -0.25) is 4.79 Å². The lowest BCUT2D eigenvalue weighted by Crippen LogP contribution is -2.28. The molecule has 1 aromatic rings. The van der Waals surface area contributed by atoms with Gasteiger partial charge < -0.3 is 10.6 Å². The van der Waals surface area contributed by atoms with E-state index in [4.69, 9.17) is 11.6 Å². The first-order chi connectivity index (χ1) is 7.66. The Bertz CT molecular complexity index is 379. The molecular formula is C11H14ClN3O. The molecule has 2 atom stereocenters. The van der Waals surface area contributed by atoms with Gasteiger partial charge in [-0.25, -0.2) is 4.98 Å². The van der Waals surface area contributed by atoms with Crippen LogP contribution < -0.4 is 10.6 Å². The first-order valence-corrected chi connectivity index (χ1v) is 5.68. The summed E-state index contributed by atoms with van der Waals surface area (Å²) in [6.45, 7) is 3.70. The molecule has 1 aliphatic heterocycles. The highest BCUT2D eigenvalue weighted by Crippen LogP contribution is 2.18. The van der Waals surface area contributed by atoms with Crippen molar-refractivity contribution in [2.24, 2.45) is 11.8 Å². The summed E-state index contributed by atoms with van der Waals surface area (Å²) in [4.78, 5) is 15.9. The summed E-state index contributed by atoms with van der Waals surface area (Å²) in [6.07, 6.45) is 1.52. The first kappa shape index (κ1) is 11.4. The van der Waals surface area contributed by atoms with E-state index < -0.39 is 0 Å². The molecule has 0 bridgehead atoms. The lowest BCUT2D eigenvalue weighted by atomic mass is 9.97. The molecule has 1 saturated heterocycles. The van der Waals surface area contributed by atoms with Crippen LogP contribution in [0.5, 0.6) is 0 Å². The van der Waals surface area contributed by atoms with Crippen molar-refractivity contribution in [3.8, 4) is 0 Å². The lowest BCUT2D eigenvalue weighted by Gasteiger charge is -2.13. The zero-order valence-electron chi connectivity index (χ0n) is 9.03. The number of hydrogen-bond donors (Lipinski definition) is 2. The summed E-state index contributed by atoms with van der Waals surface area (Å²) in [5, 5.41) is 6.55. The van der Waals surface area contributed by atoms with Gasteiger partial charge in [-0.2, -0.15) is 0 Å². The van der Waals surface area contributed by atoms with Crippen molar-refractivity contribution in [3.63, 3.8) is 0 Å². The third-order valence-corrected chi connectivity index (χ3v) is 3.06. The van der Waals surface area contributed by atoms with E-state index in [0.29, 0.717) is 16.8 Å². The van der Waals surface area contributed by atoms with Crippen LogP contribution in [0.25, 0.3) is 0 Å². The van der Waals surface area contributed by atoms with Crippen LogP contribution in [0, 0.1) is 11.8 Å². The molecule has 2 unspecified atom stereocenters. The van der Waals surface area contributed by atoms with E-state index in [1.165, 1.54) is 6.20 Å². The largest absolute Gasteiger partial charge is 0.316 e. The molecule has 0 radical (unpaired) electrons. The highest BCUT2D eigenvalue weighted by Gasteiger charge is 2.29. The van der Waals surface area contributed by atoms with Crippen molar-refractivity contribution in [3.05, 3.63) is 23.4 Å². The second-order valence-electron chi connectivity index (χ2n) is 4.09. The third-order valence-electron chi connectivity index (χ3n) is 2.83. The number of carbonyl (C=O) groups is 1. The molecule has 0 aliphatic carbocycles. The minimum Gasteiger partial charge on any atom is -0.316 e. The highest BCUT2D eigenvalue weighted by atomic mass is 35.5. The SMILES string of the molecule is CC1CNCC1C(=O)Nc1ccc(Cl)cn1. The topological polar surface area (TPSA) is 54.0 Å². The van der Waals surface area contributed by atoms with Crippen LogP contribution in [0.15, 0.2) is 18.3 Å². The number of halogens is 1. The first-order valence-electron chi connectivity index (χ1n) is 5.30. The van der Waals surface area contributed by atoms with Gasteiger partial charge in [0.15, 0.2) is 0 Å². The van der Waals surface area contributed by atoms with Crippen LogP contribution in [0.2, 0.25) is 5.02 Å². The second-order valence-corrected chi connectivity index (χ2v) is 4.53. The number of rotatable bonds is 2. The molecule has 1 aromatic heterocycles. The van der Waals surface area contributed by atoms with Crippen LogP contribution in [0.3, 0.4) is 0 Å². The van der Waals surface area contributed by atoms with E-state index in [9.17, 15) is 4.79 Å². The number of pyridine rings is 1. The average Bonchev–Trinajstić information content (AvgIpc) is 2.68. The summed E-state index contributed by atoms with van der Waals surface area (Å²) in [6, 6.07) is 3.41. The van der Waals surface area contributed by atoms with E-state index in [0.717, 1.165) is 13.1 Å². The van der Waals surface area contributed by atoms with E-state index in [1.54, 1.807) is 12.1 Å². The number of anilines is 1. The number of aromatic nitrogens is 1. The highest BCUT2D eigenvalue weighted by molar-refractivity contribution is 6.30. The number of carbonyl (C=O) groups excluding carboxylic acids is 1. The Morgan fingerprint density at radius 2 is 2.38 bits per heavy atom. The molecule has 1 amide bonds. The van der Waals surface area contributed by atoms with Gasteiger partial charge in [0.25, 0.3) is 0 Å². The fourth-order valence-electron chi connectivity index (χ4n) is 1.83. The molecule has 0 saturated carbocycles. The standard InChI is InChI=1S/C11H14ClN3O/c1-7-4-13-6-9(7)11(16)15-10-3-2-8(12)5-14-10/h2-3,5,7,9,13H,4,6H2,1H3,(H,14,15,16). The number of nitrogens with zero attached hydrogens (tertiary/aromatic N) is 1. The summed E-state index contributed by atoms with van der Waals surface area (Å²) < 4.78 is 0. The predicted octanol–water partition coefficient (Wildman–Crippen LogP) is 1.53. The number of hydrogen-bond acceptors (Lipinski definition) is 3. The second kappa shape index (κ2) is 4.80. The average molecular weight is 240 g/mol. The van der Waals surface area contributed by atoms with Crippen molar-refractivity contribution < 1.29 is 4.79 Å². The molecule has 16 heavy (non-hydrogen) atoms. The maximum Gasteiger partial charge on any atom is 0.230 e. The Labute approximate surface area is 99.4 Å². The minimum absolute atomic E-state index is 0.0207. The Hall–Kier alpha value is -1.13. The molecule has 2 heterocycles. The Morgan fingerprint density at radius 3 is 2.94 bits per heavy atom. The zero-order valence-corrected chi connectivity index (χ0v) is 9.79. The summed E-state index contributed by atoms with van der Waals surface area (Å²) in [5.74, 6) is 0.964. The molecule has 0 spiro atoms. The van der Waals surface area contributed by atoms with E-state index in [1.807, 2.05) is 0 Å².